The number of sulfone groups is 1. The number of nitrogens with one attached hydrogen (secondary N) is 1. The molecule has 1 aliphatic rings. The average Bonchev–Trinajstić information content (AvgIpc) is 3.13. The molecule has 0 spiro atoms. The molecule has 13 heteroatoms. The van der Waals surface area contributed by atoms with Crippen molar-refractivity contribution in [1.82, 2.24) is 4.90 Å². The lowest BCUT2D eigenvalue weighted by atomic mass is 9.92. The quantitative estimate of drug-likeness (QED) is 0.475. The van der Waals surface area contributed by atoms with Gasteiger partial charge in [-0.05, 0) is 54.3 Å². The lowest BCUT2D eigenvalue weighted by molar-refractivity contribution is -0.376. The molecule has 1 heterocycles. The first-order valence-corrected chi connectivity index (χ1v) is 13.1. The van der Waals surface area contributed by atoms with Gasteiger partial charge in [-0.3, -0.25) is 9.69 Å². The van der Waals surface area contributed by atoms with E-state index in [1.165, 1.54) is 18.2 Å². The van der Waals surface area contributed by atoms with Gasteiger partial charge >= 0.3 is 12.4 Å². The predicted octanol–water partition coefficient (Wildman–Crippen LogP) is 4.94. The standard InChI is InChI=1S/C24H26F6N2O4S/c1-14(2)10-11-32-13-15-12-18(37(3,35)36)8-9-19(15)20(32)21(33)31-17-6-4-16(5-7-17)22(34,23(25,26)27)24(28,29)30/h4-9,12,14,20,34H,10-11,13H2,1-3H3,(H,31,33). The minimum absolute atomic E-state index is 0.0783. The molecule has 1 aliphatic heterocycles. The fraction of sp³-hybridized carbons (Fsp3) is 0.458. The third-order valence-electron chi connectivity index (χ3n) is 6.21. The summed E-state index contributed by atoms with van der Waals surface area (Å²) in [5.41, 5.74) is -5.41. The summed E-state index contributed by atoms with van der Waals surface area (Å²) in [6.07, 6.45) is -10.3. The first-order chi connectivity index (χ1) is 16.9. The molecule has 2 aromatic carbocycles. The van der Waals surface area contributed by atoms with E-state index in [1.54, 1.807) is 0 Å². The molecular formula is C24H26F6N2O4S. The number of carbonyl (C=O) groups is 1. The van der Waals surface area contributed by atoms with Crippen molar-refractivity contribution in [3.63, 3.8) is 0 Å². The number of hydrogen-bond acceptors (Lipinski definition) is 5. The zero-order valence-corrected chi connectivity index (χ0v) is 20.9. The van der Waals surface area contributed by atoms with Crippen LogP contribution in [0, 0.1) is 5.92 Å². The Kier molecular flexibility index (Phi) is 7.75. The molecule has 37 heavy (non-hydrogen) atoms. The number of amides is 1. The van der Waals surface area contributed by atoms with Crippen molar-refractivity contribution in [3.05, 3.63) is 59.2 Å². The fourth-order valence-electron chi connectivity index (χ4n) is 4.16. The second kappa shape index (κ2) is 9.91. The van der Waals surface area contributed by atoms with Gasteiger partial charge in [-0.2, -0.15) is 26.3 Å². The Bertz CT molecular complexity index is 1240. The van der Waals surface area contributed by atoms with Gasteiger partial charge in [-0.1, -0.05) is 32.0 Å². The molecule has 204 valence electrons. The van der Waals surface area contributed by atoms with Crippen molar-refractivity contribution in [1.29, 1.82) is 0 Å². The van der Waals surface area contributed by atoms with Crippen LogP contribution in [0.2, 0.25) is 0 Å². The molecule has 1 unspecified atom stereocenters. The minimum atomic E-state index is -6.02. The Labute approximate surface area is 210 Å². The normalized spacial score (nSPS) is 17.2. The number of fused-ring (bicyclic) bond motifs is 1. The highest BCUT2D eigenvalue weighted by molar-refractivity contribution is 7.90. The summed E-state index contributed by atoms with van der Waals surface area (Å²) < 4.78 is 103. The van der Waals surface area contributed by atoms with Crippen LogP contribution in [0.15, 0.2) is 47.4 Å². The number of hydrogen-bond donors (Lipinski definition) is 2. The molecule has 0 aromatic heterocycles. The Hall–Kier alpha value is -2.64. The van der Waals surface area contributed by atoms with Gasteiger partial charge in [0.05, 0.1) is 4.90 Å². The Balaban J connectivity index is 1.90. The molecule has 0 bridgehead atoms. The van der Waals surface area contributed by atoms with Gasteiger partial charge in [-0.25, -0.2) is 8.42 Å². The highest BCUT2D eigenvalue weighted by Crippen LogP contribution is 2.50. The Morgan fingerprint density at radius 3 is 2.11 bits per heavy atom. The second-order valence-electron chi connectivity index (χ2n) is 9.46. The maximum atomic E-state index is 13.2. The molecule has 3 rings (SSSR count). The Morgan fingerprint density at radius 1 is 1.05 bits per heavy atom. The first kappa shape index (κ1) is 28.9. The summed E-state index contributed by atoms with van der Waals surface area (Å²) >= 11 is 0. The summed E-state index contributed by atoms with van der Waals surface area (Å²) in [6, 6.07) is 6.13. The van der Waals surface area contributed by atoms with E-state index in [0.717, 1.165) is 24.8 Å². The average molecular weight is 553 g/mol. The molecule has 6 nitrogen and oxygen atoms in total. The topological polar surface area (TPSA) is 86.7 Å². The smallest absolute Gasteiger partial charge is 0.369 e. The van der Waals surface area contributed by atoms with Crippen LogP contribution in [0.1, 0.15) is 43.0 Å². The van der Waals surface area contributed by atoms with Crippen LogP contribution >= 0.6 is 0 Å². The molecule has 0 aliphatic carbocycles. The molecule has 2 aromatic rings. The van der Waals surface area contributed by atoms with E-state index in [-0.39, 0.29) is 17.1 Å². The molecule has 0 saturated carbocycles. The third kappa shape index (κ3) is 5.78. The number of aliphatic hydroxyl groups is 1. The summed E-state index contributed by atoms with van der Waals surface area (Å²) in [6.45, 7) is 4.75. The first-order valence-electron chi connectivity index (χ1n) is 11.2. The Morgan fingerprint density at radius 2 is 1.62 bits per heavy atom. The van der Waals surface area contributed by atoms with E-state index in [0.29, 0.717) is 35.7 Å². The molecule has 1 atom stereocenters. The van der Waals surface area contributed by atoms with Crippen LogP contribution in [-0.2, 0) is 26.8 Å². The number of alkyl halides is 6. The van der Waals surface area contributed by atoms with Gasteiger partial charge in [-0.15, -0.1) is 0 Å². The number of anilines is 1. The third-order valence-corrected chi connectivity index (χ3v) is 7.32. The summed E-state index contributed by atoms with van der Waals surface area (Å²) in [4.78, 5) is 15.2. The van der Waals surface area contributed by atoms with Crippen molar-refractivity contribution in [2.24, 2.45) is 5.92 Å². The SMILES string of the molecule is CC(C)CCN1Cc2cc(S(C)(=O)=O)ccc2C1C(=O)Nc1ccc(C(O)(C(F)(F)F)C(F)(F)F)cc1. The summed E-state index contributed by atoms with van der Waals surface area (Å²) in [7, 11) is -3.49. The van der Waals surface area contributed by atoms with Crippen molar-refractivity contribution in [2.75, 3.05) is 18.1 Å². The van der Waals surface area contributed by atoms with Crippen LogP contribution in [0.4, 0.5) is 32.0 Å². The van der Waals surface area contributed by atoms with E-state index >= 15 is 0 Å². The zero-order valence-electron chi connectivity index (χ0n) is 20.1. The van der Waals surface area contributed by atoms with Crippen molar-refractivity contribution >= 4 is 21.4 Å². The van der Waals surface area contributed by atoms with Crippen LogP contribution in [0.3, 0.4) is 0 Å². The number of carbonyl (C=O) groups excluding carboxylic acids is 1. The van der Waals surface area contributed by atoms with E-state index in [1.807, 2.05) is 18.7 Å². The molecule has 2 N–H and O–H groups in total. The maximum Gasteiger partial charge on any atom is 0.430 e. The largest absolute Gasteiger partial charge is 0.430 e. The molecule has 1 amide bonds. The van der Waals surface area contributed by atoms with E-state index in [4.69, 9.17) is 0 Å². The predicted molar refractivity (Wildman–Crippen MR) is 123 cm³/mol. The number of benzene rings is 2. The molecule has 0 fully saturated rings. The van der Waals surface area contributed by atoms with E-state index < -0.39 is 45.3 Å². The lowest BCUT2D eigenvalue weighted by Crippen LogP contribution is -2.53. The fourth-order valence-corrected chi connectivity index (χ4v) is 4.83. The van der Waals surface area contributed by atoms with Crippen molar-refractivity contribution in [2.45, 2.75) is 55.7 Å². The van der Waals surface area contributed by atoms with Gasteiger partial charge in [0.15, 0.2) is 9.84 Å². The van der Waals surface area contributed by atoms with Crippen LogP contribution in [0.5, 0.6) is 0 Å². The van der Waals surface area contributed by atoms with E-state index in [9.17, 15) is 44.7 Å². The van der Waals surface area contributed by atoms with Gasteiger partial charge in [0.1, 0.15) is 6.04 Å². The van der Waals surface area contributed by atoms with Crippen LogP contribution in [-0.4, -0.2) is 49.5 Å². The van der Waals surface area contributed by atoms with Crippen LogP contribution < -0.4 is 5.32 Å². The highest BCUT2D eigenvalue weighted by Gasteiger charge is 2.71. The summed E-state index contributed by atoms with van der Waals surface area (Å²) in [5, 5.41) is 12.0. The van der Waals surface area contributed by atoms with Gasteiger partial charge in [0.2, 0.25) is 5.91 Å². The monoisotopic (exact) mass is 552 g/mol. The van der Waals surface area contributed by atoms with Gasteiger partial charge in [0, 0.05) is 24.1 Å². The molecule has 0 saturated heterocycles. The van der Waals surface area contributed by atoms with Gasteiger partial charge < -0.3 is 10.4 Å². The maximum absolute atomic E-state index is 13.2. The minimum Gasteiger partial charge on any atom is -0.369 e. The molecular weight excluding hydrogens is 526 g/mol. The van der Waals surface area contributed by atoms with Crippen molar-refractivity contribution in [3.8, 4) is 0 Å². The lowest BCUT2D eigenvalue weighted by Gasteiger charge is -2.32. The van der Waals surface area contributed by atoms with Gasteiger partial charge in [0.25, 0.3) is 5.60 Å². The summed E-state index contributed by atoms with van der Waals surface area (Å²) in [5.74, 6) is -0.295. The van der Waals surface area contributed by atoms with E-state index in [2.05, 4.69) is 5.32 Å². The zero-order chi connectivity index (χ0) is 28.0. The number of halogens is 6. The highest BCUT2D eigenvalue weighted by atomic mass is 32.2. The second-order valence-corrected chi connectivity index (χ2v) is 11.5. The molecule has 0 radical (unpaired) electrons. The number of rotatable bonds is 7. The number of nitrogens with zero attached hydrogens (tertiary/aromatic N) is 1. The van der Waals surface area contributed by atoms with Crippen LogP contribution in [0.25, 0.3) is 0 Å². The van der Waals surface area contributed by atoms with Crippen molar-refractivity contribution < 1.29 is 44.7 Å².